The fraction of sp³-hybridized carbons (Fsp3) is 0.400. The van der Waals surface area contributed by atoms with E-state index < -0.39 is 11.5 Å². The van der Waals surface area contributed by atoms with Crippen molar-refractivity contribution >= 4 is 60.6 Å². The lowest BCUT2D eigenvalue weighted by Gasteiger charge is -2.02. The van der Waals surface area contributed by atoms with Crippen LogP contribution in [-0.4, -0.2) is 30.9 Å². The number of rotatable bonds is 8. The average Bonchev–Trinajstić information content (AvgIpc) is 2.66. The van der Waals surface area contributed by atoms with Gasteiger partial charge in [-0.05, 0) is 60.8 Å². The fourth-order valence-corrected chi connectivity index (χ4v) is 3.74. The van der Waals surface area contributed by atoms with Crippen molar-refractivity contribution in [2.24, 2.45) is 5.73 Å². The van der Waals surface area contributed by atoms with E-state index in [0.717, 1.165) is 17.3 Å². The zero-order valence-corrected chi connectivity index (χ0v) is 19.9. The average molecular weight is 548 g/mol. The number of carbonyl (C=O) groups is 3. The number of benzene rings is 1. The molecule has 1 aromatic carbocycles. The van der Waals surface area contributed by atoms with Gasteiger partial charge < -0.3 is 20.2 Å². The maximum atomic E-state index is 11.4. The molecule has 2 aromatic rings. The molecule has 0 saturated heterocycles. The number of halogens is 2. The van der Waals surface area contributed by atoms with Gasteiger partial charge in [-0.25, -0.2) is 4.79 Å². The number of nitrogens with two attached hydrogens (primary N) is 1. The Kier molecular flexibility index (Phi) is 11.3. The van der Waals surface area contributed by atoms with E-state index in [2.05, 4.69) is 37.2 Å². The molecule has 10 heteroatoms. The van der Waals surface area contributed by atoms with Crippen LogP contribution in [0.25, 0.3) is 11.0 Å². The van der Waals surface area contributed by atoms with E-state index in [4.69, 9.17) is 14.9 Å². The smallest absolute Gasteiger partial charge is 0.349 e. The number of unbranched alkanes of at least 4 members (excludes halogenated alkanes) is 1. The number of fused-ring (bicyclic) bond motifs is 1. The minimum atomic E-state index is -0.799. The van der Waals surface area contributed by atoms with Crippen LogP contribution in [0.1, 0.15) is 49.9 Å². The molecule has 3 N–H and O–H groups in total. The Morgan fingerprint density at radius 1 is 1.10 bits per heavy atom. The first-order chi connectivity index (χ1) is 14.2. The molecule has 0 fully saturated rings. The number of hydrogen-bond acceptors (Lipinski definition) is 6. The second-order valence-electron chi connectivity index (χ2n) is 6.08. The molecule has 0 radical (unpaired) electrons. The van der Waals surface area contributed by atoms with Gasteiger partial charge in [-0.3, -0.25) is 14.4 Å². The van der Waals surface area contributed by atoms with Crippen LogP contribution in [0.4, 0.5) is 0 Å². The van der Waals surface area contributed by atoms with Gasteiger partial charge in [-0.1, -0.05) is 15.9 Å². The quantitative estimate of drug-likeness (QED) is 0.295. The maximum absolute atomic E-state index is 11.4. The molecule has 8 nitrogen and oxygen atoms in total. The molecular weight excluding hydrogens is 524 g/mol. The minimum absolute atomic E-state index is 0.0522. The Labute approximate surface area is 190 Å². The van der Waals surface area contributed by atoms with E-state index in [0.29, 0.717) is 41.4 Å². The van der Waals surface area contributed by atoms with Gasteiger partial charge in [0.25, 0.3) is 5.91 Å². The number of ether oxygens (including phenoxy) is 1. The third-order valence-electron chi connectivity index (χ3n) is 3.73. The topological polar surface area (TPSA) is 129 Å². The maximum Gasteiger partial charge on any atom is 0.349 e. The molecule has 2 rings (SSSR count). The van der Waals surface area contributed by atoms with E-state index in [9.17, 15) is 19.2 Å². The van der Waals surface area contributed by atoms with E-state index in [-0.39, 0.29) is 17.4 Å². The number of primary amides is 1. The first kappa shape index (κ1) is 25.8. The Balaban J connectivity index is 0.000000304. The summed E-state index contributed by atoms with van der Waals surface area (Å²) in [5.74, 6) is -0.925. The van der Waals surface area contributed by atoms with Crippen molar-refractivity contribution in [1.82, 2.24) is 5.32 Å². The molecule has 0 bridgehead atoms. The van der Waals surface area contributed by atoms with Crippen LogP contribution >= 0.6 is 31.9 Å². The summed E-state index contributed by atoms with van der Waals surface area (Å²) in [5.41, 5.74) is 4.56. The summed E-state index contributed by atoms with van der Waals surface area (Å²) in [7, 11) is 0. The number of amides is 2. The Morgan fingerprint density at radius 2 is 1.77 bits per heavy atom. The van der Waals surface area contributed by atoms with E-state index in [1.165, 1.54) is 6.07 Å². The van der Waals surface area contributed by atoms with Gasteiger partial charge in [0, 0.05) is 29.2 Å². The molecule has 1 aromatic heterocycles. The van der Waals surface area contributed by atoms with Crippen molar-refractivity contribution in [3.63, 3.8) is 0 Å². The monoisotopic (exact) mass is 546 g/mol. The zero-order chi connectivity index (χ0) is 22.7. The van der Waals surface area contributed by atoms with Gasteiger partial charge in [0.2, 0.25) is 5.91 Å². The summed E-state index contributed by atoms with van der Waals surface area (Å²) >= 11 is 6.56. The van der Waals surface area contributed by atoms with Gasteiger partial charge in [0.1, 0.15) is 5.56 Å². The van der Waals surface area contributed by atoms with Crippen molar-refractivity contribution in [3.8, 4) is 0 Å². The first-order valence-corrected chi connectivity index (χ1v) is 10.9. The molecule has 0 aliphatic heterocycles. The highest BCUT2D eigenvalue weighted by atomic mass is 79.9. The number of esters is 1. The highest BCUT2D eigenvalue weighted by molar-refractivity contribution is 9.11. The van der Waals surface area contributed by atoms with E-state index in [1.54, 1.807) is 19.1 Å². The lowest BCUT2D eigenvalue weighted by Crippen LogP contribution is -2.22. The highest BCUT2D eigenvalue weighted by Gasteiger charge is 2.12. The molecular formula is C20H24Br2N2O6. The summed E-state index contributed by atoms with van der Waals surface area (Å²) in [4.78, 5) is 44.3. The second kappa shape index (κ2) is 13.2. The summed E-state index contributed by atoms with van der Waals surface area (Å²) in [6, 6.07) is 4.89. The Hall–Kier alpha value is -2.20. The fourth-order valence-electron chi connectivity index (χ4n) is 2.40. The van der Waals surface area contributed by atoms with Crippen LogP contribution in [-0.2, 0) is 14.3 Å². The molecule has 0 saturated carbocycles. The lowest BCUT2D eigenvalue weighted by atomic mass is 10.2. The standard InChI is InChI=1S/C10H5Br2NO3.C10H19NO3/c11-5-1-4-2-6(9(13)14)10(15)16-8(4)7(12)3-5;1-3-11-9(12)7-5-6-8-10(13)14-4-2/h1-3H,(H2,13,14);3-8H2,1-2H3,(H,11,12). The van der Waals surface area contributed by atoms with Crippen molar-refractivity contribution in [2.75, 3.05) is 13.2 Å². The number of carbonyl (C=O) groups excluding carboxylic acids is 3. The molecule has 164 valence electrons. The Morgan fingerprint density at radius 3 is 2.37 bits per heavy atom. The van der Waals surface area contributed by atoms with Crippen LogP contribution < -0.4 is 16.7 Å². The van der Waals surface area contributed by atoms with Crippen LogP contribution in [0.5, 0.6) is 0 Å². The second-order valence-corrected chi connectivity index (χ2v) is 7.85. The van der Waals surface area contributed by atoms with E-state index in [1.807, 2.05) is 6.92 Å². The van der Waals surface area contributed by atoms with Gasteiger partial charge in [-0.15, -0.1) is 0 Å². The van der Waals surface area contributed by atoms with Crippen molar-refractivity contribution in [1.29, 1.82) is 0 Å². The SMILES string of the molecule is CCNC(=O)CCCCC(=O)OCC.NC(=O)c1cc2cc(Br)cc(Br)c2oc1=O. The number of nitrogens with one attached hydrogen (secondary N) is 1. The third-order valence-corrected chi connectivity index (χ3v) is 4.78. The van der Waals surface area contributed by atoms with Crippen LogP contribution in [0.15, 0.2) is 36.4 Å². The summed E-state index contributed by atoms with van der Waals surface area (Å²) < 4.78 is 11.2. The normalized spacial score (nSPS) is 10.1. The van der Waals surface area contributed by atoms with Crippen molar-refractivity contribution in [2.45, 2.75) is 39.5 Å². The highest BCUT2D eigenvalue weighted by Crippen LogP contribution is 2.27. The molecule has 0 spiro atoms. The first-order valence-electron chi connectivity index (χ1n) is 9.34. The van der Waals surface area contributed by atoms with Gasteiger partial charge in [-0.2, -0.15) is 0 Å². The lowest BCUT2D eigenvalue weighted by molar-refractivity contribution is -0.143. The number of hydrogen-bond donors (Lipinski definition) is 2. The molecule has 2 amide bonds. The molecule has 1 heterocycles. The molecule has 30 heavy (non-hydrogen) atoms. The van der Waals surface area contributed by atoms with Gasteiger partial charge >= 0.3 is 11.6 Å². The minimum Gasteiger partial charge on any atom is -0.466 e. The summed E-state index contributed by atoms with van der Waals surface area (Å²) in [6.07, 6.45) is 2.36. The Bertz CT molecular complexity index is 938. The van der Waals surface area contributed by atoms with Crippen LogP contribution in [0, 0.1) is 0 Å². The van der Waals surface area contributed by atoms with Crippen molar-refractivity contribution < 1.29 is 23.5 Å². The zero-order valence-electron chi connectivity index (χ0n) is 16.8. The van der Waals surface area contributed by atoms with Gasteiger partial charge in [0.05, 0.1) is 11.1 Å². The van der Waals surface area contributed by atoms with Crippen LogP contribution in [0.3, 0.4) is 0 Å². The van der Waals surface area contributed by atoms with Crippen LogP contribution in [0.2, 0.25) is 0 Å². The largest absolute Gasteiger partial charge is 0.466 e. The molecule has 0 aliphatic rings. The predicted molar refractivity (Wildman–Crippen MR) is 120 cm³/mol. The van der Waals surface area contributed by atoms with E-state index >= 15 is 0 Å². The summed E-state index contributed by atoms with van der Waals surface area (Å²) in [6.45, 7) is 4.76. The predicted octanol–water partition coefficient (Wildman–Crippen LogP) is 3.66. The molecule has 0 atom stereocenters. The molecule has 0 aliphatic carbocycles. The van der Waals surface area contributed by atoms with Gasteiger partial charge in [0.15, 0.2) is 5.58 Å². The molecule has 0 unspecified atom stereocenters. The summed E-state index contributed by atoms with van der Waals surface area (Å²) in [5, 5.41) is 3.32. The third kappa shape index (κ3) is 8.66. The van der Waals surface area contributed by atoms with Crippen molar-refractivity contribution in [3.05, 3.63) is 43.1 Å².